The molecule has 1 atom stereocenters. The molecule has 0 bridgehead atoms. The van der Waals surface area contributed by atoms with E-state index in [1.54, 1.807) is 28.0 Å². The zero-order chi connectivity index (χ0) is 23.3. The highest BCUT2D eigenvalue weighted by molar-refractivity contribution is 7.86. The van der Waals surface area contributed by atoms with Crippen LogP contribution in [0.5, 0.6) is 0 Å². The molecule has 3 heterocycles. The number of halogens is 6. The number of alkyl halides is 3. The normalized spacial score (nSPS) is 20.8. The number of amides is 1. The zero-order valence-corrected chi connectivity index (χ0v) is 19.5. The van der Waals surface area contributed by atoms with Crippen molar-refractivity contribution in [3.8, 4) is 0 Å². The van der Waals surface area contributed by atoms with Crippen molar-refractivity contribution in [3.05, 3.63) is 56.7 Å². The summed E-state index contributed by atoms with van der Waals surface area (Å²) in [6.45, 7) is 0.944. The first-order valence-electron chi connectivity index (χ1n) is 9.67. The number of benzene rings is 1. The van der Waals surface area contributed by atoms with Crippen LogP contribution in [0.25, 0.3) is 0 Å². The van der Waals surface area contributed by atoms with Crippen LogP contribution in [0.2, 0.25) is 15.1 Å². The van der Waals surface area contributed by atoms with Crippen LogP contribution in [0.4, 0.5) is 19.0 Å². The van der Waals surface area contributed by atoms with E-state index in [4.69, 9.17) is 34.8 Å². The summed E-state index contributed by atoms with van der Waals surface area (Å²) in [7, 11) is -1.31. The molecule has 2 fully saturated rings. The molecule has 172 valence electrons. The lowest BCUT2D eigenvalue weighted by atomic mass is 10.0. The molecule has 1 aromatic heterocycles. The van der Waals surface area contributed by atoms with E-state index >= 15 is 0 Å². The van der Waals surface area contributed by atoms with Crippen LogP contribution < -0.4 is 4.90 Å². The van der Waals surface area contributed by atoms with Gasteiger partial charge in [-0.2, -0.15) is 13.2 Å². The fraction of sp³-hybridized carbons (Fsp3) is 0.400. The van der Waals surface area contributed by atoms with Gasteiger partial charge in [0.05, 0.1) is 26.2 Å². The van der Waals surface area contributed by atoms with E-state index in [1.807, 2.05) is 0 Å². The highest BCUT2D eigenvalue weighted by atomic mass is 35.5. The van der Waals surface area contributed by atoms with Gasteiger partial charge in [-0.15, -0.1) is 0 Å². The Labute approximate surface area is 199 Å². The maximum Gasteiger partial charge on any atom is 0.417 e. The highest BCUT2D eigenvalue weighted by Gasteiger charge is 2.52. The summed E-state index contributed by atoms with van der Waals surface area (Å²) in [4.78, 5) is 19.6. The average Bonchev–Trinajstić information content (AvgIpc) is 3.03. The standard InChI is InChI=1S/C20H17Cl3F3N3O2S/c21-13-2-1-3-14(22)16(13)18(30)29-8-9-32(31)19(29)4-6-28(7-5-19)17-15(23)10-12(11-27-17)20(24,25)26/h1-3,10-11H,4-9H2/t32-/m1/s1. The number of pyridine rings is 1. The summed E-state index contributed by atoms with van der Waals surface area (Å²) >= 11 is 18.5. The van der Waals surface area contributed by atoms with Crippen molar-refractivity contribution in [2.45, 2.75) is 23.9 Å². The second-order valence-corrected chi connectivity index (χ2v) is 10.6. The molecule has 0 saturated carbocycles. The van der Waals surface area contributed by atoms with Gasteiger partial charge in [0.15, 0.2) is 0 Å². The van der Waals surface area contributed by atoms with E-state index in [2.05, 4.69) is 4.98 Å². The number of hydrogen-bond acceptors (Lipinski definition) is 4. The highest BCUT2D eigenvalue weighted by Crippen LogP contribution is 2.41. The first-order chi connectivity index (χ1) is 15.0. The molecule has 0 unspecified atom stereocenters. The zero-order valence-electron chi connectivity index (χ0n) is 16.5. The minimum atomic E-state index is -4.54. The smallest absolute Gasteiger partial charge is 0.355 e. The Kier molecular flexibility index (Phi) is 6.39. The lowest BCUT2D eigenvalue weighted by Crippen LogP contribution is -2.56. The summed E-state index contributed by atoms with van der Waals surface area (Å²) in [5.41, 5.74) is -0.756. The van der Waals surface area contributed by atoms with Crippen LogP contribution in [-0.2, 0) is 17.0 Å². The molecular formula is C20H17Cl3F3N3O2S. The van der Waals surface area contributed by atoms with Gasteiger partial charge >= 0.3 is 6.18 Å². The van der Waals surface area contributed by atoms with Crippen molar-refractivity contribution in [1.82, 2.24) is 9.88 Å². The average molecular weight is 527 g/mol. The molecule has 32 heavy (non-hydrogen) atoms. The van der Waals surface area contributed by atoms with Crippen LogP contribution in [0.15, 0.2) is 30.5 Å². The van der Waals surface area contributed by atoms with Crippen molar-refractivity contribution >= 4 is 57.3 Å². The molecular weight excluding hydrogens is 510 g/mol. The van der Waals surface area contributed by atoms with Gasteiger partial charge in [0.25, 0.3) is 5.91 Å². The molecule has 1 amide bonds. The molecule has 12 heteroatoms. The first-order valence-corrected chi connectivity index (χ1v) is 12.1. The van der Waals surface area contributed by atoms with Crippen LogP contribution >= 0.6 is 34.8 Å². The largest absolute Gasteiger partial charge is 0.417 e. The van der Waals surface area contributed by atoms with Crippen molar-refractivity contribution in [1.29, 1.82) is 0 Å². The Morgan fingerprint density at radius 1 is 1.06 bits per heavy atom. The quantitative estimate of drug-likeness (QED) is 0.536. The van der Waals surface area contributed by atoms with Gasteiger partial charge in [0.1, 0.15) is 10.7 Å². The number of carbonyl (C=O) groups is 1. The molecule has 4 rings (SSSR count). The maximum atomic E-state index is 13.3. The van der Waals surface area contributed by atoms with Gasteiger partial charge in [-0.3, -0.25) is 9.00 Å². The van der Waals surface area contributed by atoms with Crippen molar-refractivity contribution in [2.75, 3.05) is 30.3 Å². The Hall–Kier alpha value is -1.55. The molecule has 2 saturated heterocycles. The Morgan fingerprint density at radius 3 is 2.25 bits per heavy atom. The third-order valence-corrected chi connectivity index (χ3v) is 8.77. The lowest BCUT2D eigenvalue weighted by molar-refractivity contribution is -0.137. The number of hydrogen-bond donors (Lipinski definition) is 0. The minimum Gasteiger partial charge on any atom is -0.355 e. The van der Waals surface area contributed by atoms with Gasteiger partial charge in [-0.1, -0.05) is 40.9 Å². The van der Waals surface area contributed by atoms with Crippen molar-refractivity contribution in [3.63, 3.8) is 0 Å². The van der Waals surface area contributed by atoms with E-state index in [9.17, 15) is 22.2 Å². The number of aromatic nitrogens is 1. The minimum absolute atomic E-state index is 0.112. The first kappa shape index (κ1) is 23.6. The molecule has 5 nitrogen and oxygen atoms in total. The predicted octanol–water partition coefficient (Wildman–Crippen LogP) is 5.26. The Bertz CT molecular complexity index is 1070. The van der Waals surface area contributed by atoms with E-state index in [1.165, 1.54) is 0 Å². The second kappa shape index (κ2) is 8.66. The predicted molar refractivity (Wildman–Crippen MR) is 119 cm³/mol. The van der Waals surface area contributed by atoms with Gasteiger partial charge in [-0.05, 0) is 18.2 Å². The van der Waals surface area contributed by atoms with Crippen LogP contribution in [0.1, 0.15) is 28.8 Å². The van der Waals surface area contributed by atoms with Gasteiger partial charge < -0.3 is 9.80 Å². The summed E-state index contributed by atoms with van der Waals surface area (Å²) in [6.07, 6.45) is -3.11. The Morgan fingerprint density at radius 2 is 1.69 bits per heavy atom. The van der Waals surface area contributed by atoms with Crippen LogP contribution in [0.3, 0.4) is 0 Å². The number of nitrogens with zero attached hydrogens (tertiary/aromatic N) is 3. The van der Waals surface area contributed by atoms with Crippen LogP contribution in [-0.4, -0.2) is 50.3 Å². The lowest BCUT2D eigenvalue weighted by Gasteiger charge is -2.44. The molecule has 0 N–H and O–H groups in total. The number of piperidine rings is 1. The molecule has 1 aromatic carbocycles. The summed E-state index contributed by atoms with van der Waals surface area (Å²) < 4.78 is 51.7. The fourth-order valence-electron chi connectivity index (χ4n) is 4.20. The van der Waals surface area contributed by atoms with Crippen LogP contribution in [0, 0.1) is 0 Å². The molecule has 0 radical (unpaired) electrons. The van der Waals surface area contributed by atoms with E-state index < -0.39 is 27.4 Å². The fourth-order valence-corrected chi connectivity index (χ4v) is 6.83. The maximum absolute atomic E-state index is 13.3. The molecule has 0 aliphatic carbocycles. The monoisotopic (exact) mass is 525 g/mol. The van der Waals surface area contributed by atoms with Gasteiger partial charge in [0.2, 0.25) is 0 Å². The number of rotatable bonds is 2. The third kappa shape index (κ3) is 4.08. The van der Waals surface area contributed by atoms with Crippen molar-refractivity contribution < 1.29 is 22.2 Å². The second-order valence-electron chi connectivity index (χ2n) is 7.56. The van der Waals surface area contributed by atoms with Gasteiger partial charge in [0, 0.05) is 55.2 Å². The van der Waals surface area contributed by atoms with Crippen molar-refractivity contribution in [2.24, 2.45) is 0 Å². The summed E-state index contributed by atoms with van der Waals surface area (Å²) in [5.74, 6) is 0.170. The Balaban J connectivity index is 1.57. The molecule has 1 spiro atoms. The van der Waals surface area contributed by atoms with E-state index in [0.717, 1.165) is 12.3 Å². The number of carbonyl (C=O) groups excluding carboxylic acids is 1. The number of anilines is 1. The van der Waals surface area contributed by atoms with Gasteiger partial charge in [-0.25, -0.2) is 4.98 Å². The van der Waals surface area contributed by atoms with E-state index in [0.29, 0.717) is 38.2 Å². The summed E-state index contributed by atoms with van der Waals surface area (Å²) in [5, 5.41) is 0.320. The molecule has 2 aromatic rings. The molecule has 2 aliphatic rings. The SMILES string of the molecule is O=C(c1c(Cl)cccc1Cl)N1CC[S@@](=O)C12CCN(c1ncc(C(F)(F)F)cc1Cl)CC2. The summed E-state index contributed by atoms with van der Waals surface area (Å²) in [6, 6.07) is 5.62. The topological polar surface area (TPSA) is 53.5 Å². The van der Waals surface area contributed by atoms with E-state index in [-0.39, 0.29) is 32.4 Å². The third-order valence-electron chi connectivity index (χ3n) is 5.83. The molecule has 2 aliphatic heterocycles.